The van der Waals surface area contributed by atoms with Crippen molar-refractivity contribution in [2.45, 2.75) is 84.5 Å². The first-order valence-electron chi connectivity index (χ1n) is 10.9. The maximum Gasteiger partial charge on any atom is 0.00899 e. The molecular formula is C26H34. The van der Waals surface area contributed by atoms with E-state index in [1.165, 1.54) is 43.1 Å². The normalized spacial score (nSPS) is 22.3. The zero-order valence-corrected chi connectivity index (χ0v) is 17.3. The summed E-state index contributed by atoms with van der Waals surface area (Å²) in [5, 5.41) is 3.01. The van der Waals surface area contributed by atoms with Crippen LogP contribution in [0.2, 0.25) is 0 Å². The van der Waals surface area contributed by atoms with Crippen LogP contribution in [-0.4, -0.2) is 0 Å². The van der Waals surface area contributed by atoms with Gasteiger partial charge in [0.25, 0.3) is 0 Å². The molecule has 0 spiro atoms. The molecular weight excluding hydrogens is 312 g/mol. The minimum atomic E-state index is 0.344. The van der Waals surface area contributed by atoms with Crippen molar-refractivity contribution in [3.63, 3.8) is 0 Å². The lowest BCUT2D eigenvalue weighted by molar-refractivity contribution is 0.122. The van der Waals surface area contributed by atoms with Gasteiger partial charge < -0.3 is 0 Å². The summed E-state index contributed by atoms with van der Waals surface area (Å²) in [5.74, 6) is 0.590. The molecule has 0 saturated heterocycles. The Morgan fingerprint density at radius 3 is 2.23 bits per heavy atom. The fourth-order valence-electron chi connectivity index (χ4n) is 6.33. The van der Waals surface area contributed by atoms with Gasteiger partial charge in [0.05, 0.1) is 0 Å². The van der Waals surface area contributed by atoms with E-state index in [4.69, 9.17) is 0 Å². The molecule has 2 aliphatic carbocycles. The molecule has 0 saturated carbocycles. The number of hydrogen-bond donors (Lipinski definition) is 0. The molecule has 0 heterocycles. The van der Waals surface area contributed by atoms with Crippen LogP contribution in [0.1, 0.15) is 95.8 Å². The Labute approximate surface area is 159 Å². The molecule has 0 nitrogen and oxygen atoms in total. The SMILES string of the molecule is CCC1=CC2c3c(ccc4cccc1c34)C(CC)(CC)CC2(CC)CC. The lowest BCUT2D eigenvalue weighted by atomic mass is 9.50. The van der Waals surface area contributed by atoms with E-state index in [9.17, 15) is 0 Å². The predicted octanol–water partition coefficient (Wildman–Crippen LogP) is 8.00. The van der Waals surface area contributed by atoms with E-state index in [0.29, 0.717) is 16.7 Å². The summed E-state index contributed by atoms with van der Waals surface area (Å²) in [7, 11) is 0. The Kier molecular flexibility index (Phi) is 4.29. The molecule has 0 amide bonds. The third-order valence-electron chi connectivity index (χ3n) is 8.17. The van der Waals surface area contributed by atoms with E-state index in [1.807, 2.05) is 0 Å². The monoisotopic (exact) mass is 346 g/mol. The summed E-state index contributed by atoms with van der Waals surface area (Å²) in [5.41, 5.74) is 7.17. The van der Waals surface area contributed by atoms with Gasteiger partial charge in [0.2, 0.25) is 0 Å². The summed E-state index contributed by atoms with van der Waals surface area (Å²) >= 11 is 0. The van der Waals surface area contributed by atoms with Crippen LogP contribution in [-0.2, 0) is 5.41 Å². The van der Waals surface area contributed by atoms with Gasteiger partial charge in [0.1, 0.15) is 0 Å². The van der Waals surface area contributed by atoms with Crippen molar-refractivity contribution in [2.75, 3.05) is 0 Å². The van der Waals surface area contributed by atoms with Gasteiger partial charge in [0.15, 0.2) is 0 Å². The number of benzene rings is 2. The average Bonchev–Trinajstić information content (AvgIpc) is 2.71. The van der Waals surface area contributed by atoms with Gasteiger partial charge in [-0.05, 0) is 82.4 Å². The van der Waals surface area contributed by atoms with E-state index in [-0.39, 0.29) is 0 Å². The highest BCUT2D eigenvalue weighted by atomic mass is 14.5. The van der Waals surface area contributed by atoms with Crippen LogP contribution in [0.15, 0.2) is 36.4 Å². The van der Waals surface area contributed by atoms with E-state index in [0.717, 1.165) is 6.42 Å². The van der Waals surface area contributed by atoms with E-state index < -0.39 is 0 Å². The molecule has 1 unspecified atom stereocenters. The molecule has 2 aliphatic rings. The van der Waals surface area contributed by atoms with Crippen molar-refractivity contribution in [2.24, 2.45) is 5.41 Å². The molecule has 0 aliphatic heterocycles. The van der Waals surface area contributed by atoms with Gasteiger partial charge in [0, 0.05) is 5.92 Å². The molecule has 4 rings (SSSR count). The molecule has 0 radical (unpaired) electrons. The second kappa shape index (κ2) is 6.25. The van der Waals surface area contributed by atoms with Crippen molar-refractivity contribution >= 4 is 16.3 Å². The van der Waals surface area contributed by atoms with Crippen LogP contribution >= 0.6 is 0 Å². The molecule has 0 N–H and O–H groups in total. The second-order valence-electron chi connectivity index (χ2n) is 8.69. The fourth-order valence-corrected chi connectivity index (χ4v) is 6.33. The van der Waals surface area contributed by atoms with Crippen molar-refractivity contribution in [1.82, 2.24) is 0 Å². The van der Waals surface area contributed by atoms with Crippen LogP contribution < -0.4 is 0 Å². The highest BCUT2D eigenvalue weighted by Crippen LogP contribution is 2.62. The number of hydrogen-bond acceptors (Lipinski definition) is 0. The van der Waals surface area contributed by atoms with Crippen molar-refractivity contribution in [3.8, 4) is 0 Å². The molecule has 0 heteroatoms. The summed E-state index contributed by atoms with van der Waals surface area (Å²) < 4.78 is 0. The van der Waals surface area contributed by atoms with E-state index in [2.05, 4.69) is 71.0 Å². The molecule has 0 aromatic heterocycles. The van der Waals surface area contributed by atoms with Gasteiger partial charge in [-0.2, -0.15) is 0 Å². The smallest absolute Gasteiger partial charge is 0.00899 e. The molecule has 0 fully saturated rings. The Morgan fingerprint density at radius 1 is 0.885 bits per heavy atom. The largest absolute Gasteiger partial charge is 0.0726 e. The first-order chi connectivity index (χ1) is 12.6. The van der Waals surface area contributed by atoms with Gasteiger partial charge in [-0.1, -0.05) is 71.0 Å². The zero-order chi connectivity index (χ0) is 18.5. The molecule has 1 atom stereocenters. The molecule has 0 bridgehead atoms. The van der Waals surface area contributed by atoms with E-state index >= 15 is 0 Å². The second-order valence-corrected chi connectivity index (χ2v) is 8.69. The number of allylic oxidation sites excluding steroid dienone is 2. The highest BCUT2D eigenvalue weighted by molar-refractivity contribution is 6.00. The molecule has 2 aromatic carbocycles. The Bertz CT molecular complexity index is 859. The summed E-state index contributed by atoms with van der Waals surface area (Å²) in [6.07, 6.45) is 10.2. The summed E-state index contributed by atoms with van der Waals surface area (Å²) in [6.45, 7) is 12.0. The van der Waals surface area contributed by atoms with Crippen LogP contribution in [0.25, 0.3) is 16.3 Å². The van der Waals surface area contributed by atoms with Gasteiger partial charge in [-0.3, -0.25) is 0 Å². The summed E-state index contributed by atoms with van der Waals surface area (Å²) in [6, 6.07) is 11.8. The van der Waals surface area contributed by atoms with Crippen LogP contribution in [0, 0.1) is 5.41 Å². The Balaban J connectivity index is 2.15. The number of rotatable bonds is 5. The van der Waals surface area contributed by atoms with Crippen LogP contribution in [0.4, 0.5) is 0 Å². The van der Waals surface area contributed by atoms with Crippen LogP contribution in [0.5, 0.6) is 0 Å². The fraction of sp³-hybridized carbons (Fsp3) is 0.538. The highest BCUT2D eigenvalue weighted by Gasteiger charge is 2.50. The van der Waals surface area contributed by atoms with Crippen molar-refractivity contribution < 1.29 is 0 Å². The van der Waals surface area contributed by atoms with Crippen LogP contribution in [0.3, 0.4) is 0 Å². The van der Waals surface area contributed by atoms with Gasteiger partial charge in [-0.25, -0.2) is 0 Å². The Hall–Kier alpha value is -1.56. The molecule has 2 aromatic rings. The molecule has 26 heavy (non-hydrogen) atoms. The average molecular weight is 347 g/mol. The summed E-state index contributed by atoms with van der Waals surface area (Å²) in [4.78, 5) is 0. The maximum absolute atomic E-state index is 2.67. The quantitative estimate of drug-likeness (QED) is 0.514. The first kappa shape index (κ1) is 17.8. The molecule has 138 valence electrons. The minimum absolute atomic E-state index is 0.344. The van der Waals surface area contributed by atoms with Gasteiger partial charge in [-0.15, -0.1) is 0 Å². The lowest BCUT2D eigenvalue weighted by Gasteiger charge is -2.54. The van der Waals surface area contributed by atoms with E-state index in [1.54, 1.807) is 22.1 Å². The standard InChI is InChI=1S/C26H34/c1-6-18-16-22-24-21(15-14-19-12-11-13-20(18)23(19)24)25(7-2,8-3)17-26(22,9-4)10-5/h11-16,22H,6-10,17H2,1-5H3. The third kappa shape index (κ3) is 2.14. The lowest BCUT2D eigenvalue weighted by Crippen LogP contribution is -2.44. The zero-order valence-electron chi connectivity index (χ0n) is 17.3. The Morgan fingerprint density at radius 2 is 1.62 bits per heavy atom. The van der Waals surface area contributed by atoms with Crippen molar-refractivity contribution in [1.29, 1.82) is 0 Å². The predicted molar refractivity (Wildman–Crippen MR) is 115 cm³/mol. The van der Waals surface area contributed by atoms with Gasteiger partial charge >= 0.3 is 0 Å². The minimum Gasteiger partial charge on any atom is -0.0726 e. The van der Waals surface area contributed by atoms with Crippen molar-refractivity contribution in [3.05, 3.63) is 53.1 Å². The topological polar surface area (TPSA) is 0 Å². The maximum atomic E-state index is 2.67. The third-order valence-corrected chi connectivity index (χ3v) is 8.17. The first-order valence-corrected chi connectivity index (χ1v) is 10.9.